The van der Waals surface area contributed by atoms with Crippen molar-refractivity contribution in [1.82, 2.24) is 15.3 Å². The maximum absolute atomic E-state index is 4.29. The molecule has 1 aliphatic carbocycles. The molecule has 2 rings (SSSR count). The Bertz CT molecular complexity index is 306. The van der Waals surface area contributed by atoms with Crippen molar-refractivity contribution < 1.29 is 0 Å². The van der Waals surface area contributed by atoms with Gasteiger partial charge in [0.2, 0.25) is 5.95 Å². The summed E-state index contributed by atoms with van der Waals surface area (Å²) in [5.74, 6) is 0.843. The number of rotatable bonds is 3. The highest BCUT2D eigenvalue weighted by Crippen LogP contribution is 2.24. The fourth-order valence-corrected chi connectivity index (χ4v) is 2.39. The third-order valence-corrected chi connectivity index (χ3v) is 3.52. The van der Waals surface area contributed by atoms with Gasteiger partial charge in [-0.05, 0) is 38.8 Å². The van der Waals surface area contributed by atoms with Crippen LogP contribution in [0.15, 0.2) is 18.5 Å². The molecule has 0 saturated heterocycles. The van der Waals surface area contributed by atoms with E-state index in [4.69, 9.17) is 0 Å². The molecule has 1 fully saturated rings. The molecule has 1 aliphatic rings. The zero-order chi connectivity index (χ0) is 11.4. The molecular formula is C12H20N4. The van der Waals surface area contributed by atoms with E-state index >= 15 is 0 Å². The van der Waals surface area contributed by atoms with Crippen LogP contribution in [0, 0.1) is 0 Å². The first kappa shape index (κ1) is 11.3. The Hall–Kier alpha value is -1.16. The first-order valence-electron chi connectivity index (χ1n) is 5.98. The number of hydrogen-bond donors (Lipinski definition) is 1. The van der Waals surface area contributed by atoms with Gasteiger partial charge in [-0.2, -0.15) is 0 Å². The summed E-state index contributed by atoms with van der Waals surface area (Å²) < 4.78 is 0. The number of nitrogens with one attached hydrogen (secondary N) is 1. The van der Waals surface area contributed by atoms with Crippen molar-refractivity contribution in [3.63, 3.8) is 0 Å². The van der Waals surface area contributed by atoms with Gasteiger partial charge in [0.15, 0.2) is 0 Å². The van der Waals surface area contributed by atoms with Gasteiger partial charge in [0.1, 0.15) is 0 Å². The molecule has 0 atom stereocenters. The summed E-state index contributed by atoms with van der Waals surface area (Å²) in [4.78, 5) is 10.8. The van der Waals surface area contributed by atoms with E-state index in [0.717, 1.165) is 5.95 Å². The third-order valence-electron chi connectivity index (χ3n) is 3.52. The van der Waals surface area contributed by atoms with E-state index in [2.05, 4.69) is 34.3 Å². The molecule has 1 heterocycles. The second-order valence-electron chi connectivity index (χ2n) is 4.45. The maximum atomic E-state index is 4.29. The molecule has 88 valence electrons. The molecule has 0 spiro atoms. The fourth-order valence-electron chi connectivity index (χ4n) is 2.39. The first-order chi connectivity index (χ1) is 7.81. The number of aromatic nitrogens is 2. The topological polar surface area (TPSA) is 41.0 Å². The van der Waals surface area contributed by atoms with Crippen LogP contribution in [0.2, 0.25) is 0 Å². The number of hydrogen-bond acceptors (Lipinski definition) is 4. The molecule has 16 heavy (non-hydrogen) atoms. The molecule has 4 nitrogen and oxygen atoms in total. The van der Waals surface area contributed by atoms with Crippen LogP contribution in [-0.4, -0.2) is 36.1 Å². The molecular weight excluding hydrogens is 200 g/mol. The van der Waals surface area contributed by atoms with E-state index < -0.39 is 0 Å². The Morgan fingerprint density at radius 1 is 1.19 bits per heavy atom. The lowest BCUT2D eigenvalue weighted by atomic mass is 9.90. The lowest BCUT2D eigenvalue weighted by Gasteiger charge is -2.34. The quantitative estimate of drug-likeness (QED) is 0.837. The van der Waals surface area contributed by atoms with Crippen LogP contribution in [0.1, 0.15) is 25.7 Å². The van der Waals surface area contributed by atoms with Gasteiger partial charge in [-0.3, -0.25) is 0 Å². The molecule has 0 radical (unpaired) electrons. The largest absolute Gasteiger partial charge is 0.341 e. The van der Waals surface area contributed by atoms with Crippen LogP contribution in [0.5, 0.6) is 0 Å². The third kappa shape index (κ3) is 2.50. The Morgan fingerprint density at radius 2 is 1.81 bits per heavy atom. The van der Waals surface area contributed by atoms with Gasteiger partial charge in [-0.25, -0.2) is 9.97 Å². The molecule has 0 aromatic carbocycles. The second-order valence-corrected chi connectivity index (χ2v) is 4.45. The molecule has 0 aliphatic heterocycles. The highest BCUT2D eigenvalue weighted by Gasteiger charge is 2.24. The summed E-state index contributed by atoms with van der Waals surface area (Å²) in [6.45, 7) is 0. The predicted octanol–water partition coefficient (Wildman–Crippen LogP) is 1.44. The smallest absolute Gasteiger partial charge is 0.225 e. The van der Waals surface area contributed by atoms with Crippen LogP contribution in [0.25, 0.3) is 0 Å². The number of nitrogens with zero attached hydrogens (tertiary/aromatic N) is 3. The van der Waals surface area contributed by atoms with Gasteiger partial charge in [0, 0.05) is 31.5 Å². The van der Waals surface area contributed by atoms with Crippen molar-refractivity contribution in [3.05, 3.63) is 18.5 Å². The summed E-state index contributed by atoms with van der Waals surface area (Å²) in [7, 11) is 4.15. The van der Waals surface area contributed by atoms with Crippen molar-refractivity contribution in [3.8, 4) is 0 Å². The van der Waals surface area contributed by atoms with E-state index in [1.54, 1.807) is 12.4 Å². The Morgan fingerprint density at radius 3 is 2.38 bits per heavy atom. The van der Waals surface area contributed by atoms with Gasteiger partial charge < -0.3 is 10.2 Å². The second kappa shape index (κ2) is 5.25. The van der Waals surface area contributed by atoms with Crippen LogP contribution in [0.3, 0.4) is 0 Å². The summed E-state index contributed by atoms with van der Waals surface area (Å²) in [6.07, 6.45) is 8.55. The standard InChI is InChI=1S/C12H20N4/c1-13-10-4-6-11(7-5-10)16(2)12-14-8-3-9-15-12/h3,8-11,13H,4-7H2,1-2H3. The lowest BCUT2D eigenvalue weighted by Crippen LogP contribution is -2.40. The predicted molar refractivity (Wildman–Crippen MR) is 65.5 cm³/mol. The van der Waals surface area contributed by atoms with Crippen LogP contribution >= 0.6 is 0 Å². The Balaban J connectivity index is 1.94. The summed E-state index contributed by atoms with van der Waals surface area (Å²) in [5.41, 5.74) is 0. The molecule has 1 aromatic rings. The van der Waals surface area contributed by atoms with Crippen molar-refractivity contribution in [1.29, 1.82) is 0 Å². The summed E-state index contributed by atoms with van der Waals surface area (Å²) >= 11 is 0. The Kier molecular flexibility index (Phi) is 3.72. The first-order valence-corrected chi connectivity index (χ1v) is 5.98. The highest BCUT2D eigenvalue weighted by atomic mass is 15.2. The van der Waals surface area contributed by atoms with E-state index in [1.165, 1.54) is 25.7 Å². The molecule has 4 heteroatoms. The highest BCUT2D eigenvalue weighted by molar-refractivity contribution is 5.28. The van der Waals surface area contributed by atoms with Gasteiger partial charge in [-0.15, -0.1) is 0 Å². The van der Waals surface area contributed by atoms with Gasteiger partial charge in [0.25, 0.3) is 0 Å². The van der Waals surface area contributed by atoms with E-state index in [0.29, 0.717) is 12.1 Å². The normalized spacial score (nSPS) is 25.4. The van der Waals surface area contributed by atoms with Crippen LogP contribution in [0.4, 0.5) is 5.95 Å². The van der Waals surface area contributed by atoms with E-state index in [-0.39, 0.29) is 0 Å². The molecule has 1 aromatic heterocycles. The van der Waals surface area contributed by atoms with E-state index in [1.807, 2.05) is 6.07 Å². The minimum atomic E-state index is 0.590. The van der Waals surface area contributed by atoms with Crippen LogP contribution < -0.4 is 10.2 Å². The minimum Gasteiger partial charge on any atom is -0.341 e. The van der Waals surface area contributed by atoms with Crippen molar-refractivity contribution in [2.75, 3.05) is 19.0 Å². The molecule has 0 bridgehead atoms. The van der Waals surface area contributed by atoms with E-state index in [9.17, 15) is 0 Å². The van der Waals surface area contributed by atoms with Crippen LogP contribution in [-0.2, 0) is 0 Å². The zero-order valence-corrected chi connectivity index (χ0v) is 10.1. The fraction of sp³-hybridized carbons (Fsp3) is 0.667. The molecule has 0 amide bonds. The van der Waals surface area contributed by atoms with Crippen molar-refractivity contribution in [2.45, 2.75) is 37.8 Å². The molecule has 1 saturated carbocycles. The monoisotopic (exact) mass is 220 g/mol. The minimum absolute atomic E-state index is 0.590. The lowest BCUT2D eigenvalue weighted by molar-refractivity contribution is 0.349. The van der Waals surface area contributed by atoms with Crippen molar-refractivity contribution in [2.24, 2.45) is 0 Å². The maximum Gasteiger partial charge on any atom is 0.225 e. The zero-order valence-electron chi connectivity index (χ0n) is 10.1. The summed E-state index contributed by atoms with van der Waals surface area (Å²) in [6, 6.07) is 3.14. The van der Waals surface area contributed by atoms with Crippen molar-refractivity contribution >= 4 is 5.95 Å². The molecule has 1 N–H and O–H groups in total. The SMILES string of the molecule is CNC1CCC(N(C)c2ncccn2)CC1. The summed E-state index contributed by atoms with van der Waals surface area (Å²) in [5, 5.41) is 3.35. The molecule has 0 unspecified atom stereocenters. The van der Waals surface area contributed by atoms with Gasteiger partial charge >= 0.3 is 0 Å². The van der Waals surface area contributed by atoms with Gasteiger partial charge in [0.05, 0.1) is 0 Å². The Labute approximate surface area is 97.1 Å². The average Bonchev–Trinajstić information content (AvgIpc) is 2.39. The van der Waals surface area contributed by atoms with Gasteiger partial charge in [-0.1, -0.05) is 0 Å². The number of anilines is 1. The average molecular weight is 220 g/mol.